The average Bonchev–Trinajstić information content (AvgIpc) is 2.96. The van der Waals surface area contributed by atoms with Gasteiger partial charge in [0.25, 0.3) is 5.91 Å². The fourth-order valence-electron chi connectivity index (χ4n) is 3.05. The van der Waals surface area contributed by atoms with Gasteiger partial charge < -0.3 is 16.0 Å². The van der Waals surface area contributed by atoms with Gasteiger partial charge in [-0.3, -0.25) is 9.48 Å². The quantitative estimate of drug-likeness (QED) is 0.846. The molecule has 3 N–H and O–H groups in total. The fourth-order valence-corrected chi connectivity index (χ4v) is 3.05. The number of hydrogen-bond donors (Lipinski definition) is 2. The molecule has 0 spiro atoms. The van der Waals surface area contributed by atoms with Crippen LogP contribution in [0.4, 0.5) is 11.4 Å². The Morgan fingerprint density at radius 1 is 1.43 bits per heavy atom. The minimum atomic E-state index is -0.0483. The molecule has 3 rings (SSSR count). The van der Waals surface area contributed by atoms with E-state index in [1.807, 2.05) is 38.5 Å². The Kier molecular flexibility index (Phi) is 4.23. The van der Waals surface area contributed by atoms with Gasteiger partial charge in [0.1, 0.15) is 0 Å². The summed E-state index contributed by atoms with van der Waals surface area (Å²) in [6, 6.07) is 5.58. The Labute approximate surface area is 136 Å². The first-order valence-corrected chi connectivity index (χ1v) is 7.93. The standard InChI is InChI=1S/C17H23N5O/c1-12-5-6-13(18)8-16(12)17(23)20-14-4-3-7-22(10-14)15-9-19-21(2)11-15/h5-6,8-9,11,14H,3-4,7,10,18H2,1-2H3,(H,20,23). The molecule has 1 amide bonds. The van der Waals surface area contributed by atoms with Crippen molar-refractivity contribution in [2.45, 2.75) is 25.8 Å². The average molecular weight is 313 g/mol. The first-order chi connectivity index (χ1) is 11.0. The number of carbonyl (C=O) groups is 1. The number of nitrogen functional groups attached to an aromatic ring is 1. The summed E-state index contributed by atoms with van der Waals surface area (Å²) in [6.07, 6.45) is 5.91. The molecule has 6 heteroatoms. The largest absolute Gasteiger partial charge is 0.399 e. The molecule has 2 heterocycles. The van der Waals surface area contributed by atoms with Gasteiger partial charge in [-0.1, -0.05) is 6.07 Å². The summed E-state index contributed by atoms with van der Waals surface area (Å²) >= 11 is 0. The van der Waals surface area contributed by atoms with E-state index < -0.39 is 0 Å². The molecule has 0 aliphatic carbocycles. The zero-order chi connectivity index (χ0) is 16.4. The molecule has 0 radical (unpaired) electrons. The second-order valence-corrected chi connectivity index (χ2v) is 6.21. The maximum Gasteiger partial charge on any atom is 0.251 e. The molecule has 1 aromatic heterocycles. The molecule has 1 fully saturated rings. The van der Waals surface area contributed by atoms with Crippen LogP contribution in [-0.4, -0.2) is 34.8 Å². The van der Waals surface area contributed by atoms with E-state index in [-0.39, 0.29) is 11.9 Å². The van der Waals surface area contributed by atoms with Crippen molar-refractivity contribution in [3.63, 3.8) is 0 Å². The summed E-state index contributed by atoms with van der Waals surface area (Å²) in [7, 11) is 1.91. The van der Waals surface area contributed by atoms with Crippen LogP contribution in [0.25, 0.3) is 0 Å². The number of piperidine rings is 1. The van der Waals surface area contributed by atoms with Gasteiger partial charge in [0.15, 0.2) is 0 Å². The second-order valence-electron chi connectivity index (χ2n) is 6.21. The van der Waals surface area contributed by atoms with E-state index in [1.165, 1.54) is 0 Å². The molecular formula is C17H23N5O. The number of amides is 1. The van der Waals surface area contributed by atoms with Crippen LogP contribution < -0.4 is 16.0 Å². The predicted octanol–water partition coefficient (Wildman–Crippen LogP) is 1.71. The molecule has 2 aromatic rings. The zero-order valence-electron chi connectivity index (χ0n) is 13.6. The topological polar surface area (TPSA) is 76.2 Å². The number of aryl methyl sites for hydroxylation is 2. The third-order valence-corrected chi connectivity index (χ3v) is 4.32. The third kappa shape index (κ3) is 3.47. The van der Waals surface area contributed by atoms with Crippen LogP contribution in [0.15, 0.2) is 30.6 Å². The van der Waals surface area contributed by atoms with E-state index >= 15 is 0 Å². The lowest BCUT2D eigenvalue weighted by Crippen LogP contribution is -2.47. The van der Waals surface area contributed by atoms with Gasteiger partial charge in [-0.15, -0.1) is 0 Å². The number of anilines is 2. The highest BCUT2D eigenvalue weighted by Gasteiger charge is 2.23. The lowest BCUT2D eigenvalue weighted by Gasteiger charge is -2.33. The lowest BCUT2D eigenvalue weighted by molar-refractivity contribution is 0.0932. The molecule has 1 aliphatic heterocycles. The van der Waals surface area contributed by atoms with Crippen molar-refractivity contribution in [2.24, 2.45) is 7.05 Å². The third-order valence-electron chi connectivity index (χ3n) is 4.32. The van der Waals surface area contributed by atoms with E-state index in [4.69, 9.17) is 5.73 Å². The Hall–Kier alpha value is -2.50. The number of aromatic nitrogens is 2. The first kappa shape index (κ1) is 15.4. The van der Waals surface area contributed by atoms with Gasteiger partial charge in [-0.05, 0) is 37.5 Å². The lowest BCUT2D eigenvalue weighted by atomic mass is 10.0. The number of carbonyl (C=O) groups excluding carboxylic acids is 1. The van der Waals surface area contributed by atoms with Crippen LogP contribution >= 0.6 is 0 Å². The monoisotopic (exact) mass is 313 g/mol. The van der Waals surface area contributed by atoms with Crippen LogP contribution in [0, 0.1) is 6.92 Å². The molecule has 6 nitrogen and oxygen atoms in total. The molecule has 1 aliphatic rings. The molecule has 1 atom stereocenters. The fraction of sp³-hybridized carbons (Fsp3) is 0.412. The van der Waals surface area contributed by atoms with Crippen molar-refractivity contribution >= 4 is 17.3 Å². The Balaban J connectivity index is 1.67. The summed E-state index contributed by atoms with van der Waals surface area (Å²) < 4.78 is 1.80. The predicted molar refractivity (Wildman–Crippen MR) is 91.5 cm³/mol. The smallest absolute Gasteiger partial charge is 0.251 e. The summed E-state index contributed by atoms with van der Waals surface area (Å²) in [6.45, 7) is 3.73. The Morgan fingerprint density at radius 3 is 3.00 bits per heavy atom. The summed E-state index contributed by atoms with van der Waals surface area (Å²) in [5.41, 5.74) is 9.11. The molecule has 1 unspecified atom stereocenters. The van der Waals surface area contributed by atoms with Crippen LogP contribution in [0.1, 0.15) is 28.8 Å². The van der Waals surface area contributed by atoms with Crippen LogP contribution in [0.5, 0.6) is 0 Å². The molecule has 23 heavy (non-hydrogen) atoms. The van der Waals surface area contributed by atoms with E-state index in [1.54, 1.807) is 10.7 Å². The van der Waals surface area contributed by atoms with E-state index in [0.29, 0.717) is 11.3 Å². The summed E-state index contributed by atoms with van der Waals surface area (Å²) in [5.74, 6) is -0.0483. The highest BCUT2D eigenvalue weighted by Crippen LogP contribution is 2.20. The summed E-state index contributed by atoms with van der Waals surface area (Å²) in [4.78, 5) is 14.8. The number of hydrogen-bond acceptors (Lipinski definition) is 4. The molecule has 122 valence electrons. The van der Waals surface area contributed by atoms with Crippen LogP contribution in [-0.2, 0) is 7.05 Å². The minimum absolute atomic E-state index is 0.0483. The SMILES string of the molecule is Cc1ccc(N)cc1C(=O)NC1CCCN(c2cnn(C)c2)C1. The van der Waals surface area contributed by atoms with E-state index in [0.717, 1.165) is 37.2 Å². The minimum Gasteiger partial charge on any atom is -0.399 e. The van der Waals surface area contributed by atoms with Crippen LogP contribution in [0.3, 0.4) is 0 Å². The molecule has 1 saturated heterocycles. The van der Waals surface area contributed by atoms with Gasteiger partial charge >= 0.3 is 0 Å². The Bertz CT molecular complexity index is 709. The van der Waals surface area contributed by atoms with Crippen LogP contribution in [0.2, 0.25) is 0 Å². The molecule has 0 saturated carbocycles. The Morgan fingerprint density at radius 2 is 2.26 bits per heavy atom. The van der Waals surface area contributed by atoms with Gasteiger partial charge in [-0.2, -0.15) is 5.10 Å². The maximum atomic E-state index is 12.5. The second kappa shape index (κ2) is 6.32. The number of nitrogens with two attached hydrogens (primary N) is 1. The number of rotatable bonds is 3. The van der Waals surface area contributed by atoms with Crippen molar-refractivity contribution in [3.05, 3.63) is 41.7 Å². The molecule has 0 bridgehead atoms. The normalized spacial score (nSPS) is 18.0. The van der Waals surface area contributed by atoms with Crippen molar-refractivity contribution < 1.29 is 4.79 Å². The highest BCUT2D eigenvalue weighted by atomic mass is 16.1. The highest BCUT2D eigenvalue weighted by molar-refractivity contribution is 5.96. The zero-order valence-corrected chi connectivity index (χ0v) is 13.6. The number of benzene rings is 1. The van der Waals surface area contributed by atoms with Gasteiger partial charge in [0, 0.05) is 43.6 Å². The number of nitrogens with zero attached hydrogens (tertiary/aromatic N) is 3. The molecule has 1 aromatic carbocycles. The summed E-state index contributed by atoms with van der Waals surface area (Å²) in [5, 5.41) is 7.37. The van der Waals surface area contributed by atoms with Gasteiger partial charge in [-0.25, -0.2) is 0 Å². The van der Waals surface area contributed by atoms with E-state index in [2.05, 4.69) is 15.3 Å². The van der Waals surface area contributed by atoms with Gasteiger partial charge in [0.05, 0.1) is 11.9 Å². The van der Waals surface area contributed by atoms with Gasteiger partial charge in [0.2, 0.25) is 0 Å². The molecular weight excluding hydrogens is 290 g/mol. The van der Waals surface area contributed by atoms with Crippen molar-refractivity contribution in [3.8, 4) is 0 Å². The van der Waals surface area contributed by atoms with Crippen molar-refractivity contribution in [1.82, 2.24) is 15.1 Å². The maximum absolute atomic E-state index is 12.5. The first-order valence-electron chi connectivity index (χ1n) is 7.93. The van der Waals surface area contributed by atoms with E-state index in [9.17, 15) is 4.79 Å². The van der Waals surface area contributed by atoms with Crippen molar-refractivity contribution in [1.29, 1.82) is 0 Å². The van der Waals surface area contributed by atoms with Crippen molar-refractivity contribution in [2.75, 3.05) is 23.7 Å². The number of nitrogens with one attached hydrogen (secondary N) is 1.